The minimum absolute atomic E-state index is 0.126. The lowest BCUT2D eigenvalue weighted by Crippen LogP contribution is -1.98. The minimum atomic E-state index is -0.126. The van der Waals surface area contributed by atoms with Crippen molar-refractivity contribution in [3.05, 3.63) is 101 Å². The van der Waals surface area contributed by atoms with Gasteiger partial charge in [0.2, 0.25) is 5.78 Å². The Morgan fingerprint density at radius 2 is 1.76 bits per heavy atom. The van der Waals surface area contributed by atoms with Crippen molar-refractivity contribution in [3.8, 4) is 11.5 Å². The predicted molar refractivity (Wildman–Crippen MR) is 113 cm³/mol. The number of allylic oxidation sites excluding steroid dienone is 1. The van der Waals surface area contributed by atoms with E-state index in [0.717, 1.165) is 23.0 Å². The third-order valence-corrected chi connectivity index (χ3v) is 5.18. The Kier molecular flexibility index (Phi) is 4.17. The van der Waals surface area contributed by atoms with Crippen LogP contribution >= 0.6 is 0 Å². The average Bonchev–Trinajstić information content (AvgIpc) is 3.27. The number of Topliss-reactive ketones (excluding diaryl/α,β-unsaturated/α-hetero) is 1. The summed E-state index contributed by atoms with van der Waals surface area (Å²) in [6.45, 7) is 0.757. The van der Waals surface area contributed by atoms with Crippen molar-refractivity contribution in [3.63, 3.8) is 0 Å². The second-order valence-electron chi connectivity index (χ2n) is 6.99. The maximum absolute atomic E-state index is 12.8. The van der Waals surface area contributed by atoms with Crippen LogP contribution in [0.2, 0.25) is 0 Å². The summed E-state index contributed by atoms with van der Waals surface area (Å²) in [5.74, 6) is 1.23. The standard InChI is InChI=1S/C25H19NO3/c1-28-22-13-7-11-20-24(27)23(29-25(20)22)14-18-16-26(15-17-8-3-2-4-9-17)21-12-6-5-10-19(18)21/h2-14,16H,15H2,1H3. The molecule has 0 saturated carbocycles. The molecule has 5 rings (SSSR count). The van der Waals surface area contributed by atoms with Gasteiger partial charge in [-0.05, 0) is 29.8 Å². The fourth-order valence-corrected chi connectivity index (χ4v) is 3.79. The normalized spacial score (nSPS) is 14.2. The summed E-state index contributed by atoms with van der Waals surface area (Å²) >= 11 is 0. The zero-order chi connectivity index (χ0) is 19.8. The monoisotopic (exact) mass is 381 g/mol. The Morgan fingerprint density at radius 3 is 2.59 bits per heavy atom. The Morgan fingerprint density at radius 1 is 0.966 bits per heavy atom. The van der Waals surface area contributed by atoms with Gasteiger partial charge < -0.3 is 14.0 Å². The number of ether oxygens (including phenoxy) is 2. The zero-order valence-corrected chi connectivity index (χ0v) is 16.0. The number of nitrogens with zero attached hydrogens (tertiary/aromatic N) is 1. The van der Waals surface area contributed by atoms with E-state index in [9.17, 15) is 4.79 Å². The molecule has 2 heterocycles. The van der Waals surface area contributed by atoms with Crippen molar-refractivity contribution in [2.45, 2.75) is 6.54 Å². The number of rotatable bonds is 4. The van der Waals surface area contributed by atoms with E-state index in [4.69, 9.17) is 9.47 Å². The van der Waals surface area contributed by atoms with E-state index in [0.29, 0.717) is 22.8 Å². The second kappa shape index (κ2) is 6.99. The van der Waals surface area contributed by atoms with Crippen LogP contribution in [-0.2, 0) is 6.54 Å². The second-order valence-corrected chi connectivity index (χ2v) is 6.99. The van der Waals surface area contributed by atoms with Gasteiger partial charge in [-0.2, -0.15) is 0 Å². The average molecular weight is 381 g/mol. The van der Waals surface area contributed by atoms with Crippen molar-refractivity contribution in [1.82, 2.24) is 4.57 Å². The molecule has 4 nitrogen and oxygen atoms in total. The molecule has 0 N–H and O–H groups in total. The molecule has 1 aromatic heterocycles. The molecule has 0 atom stereocenters. The van der Waals surface area contributed by atoms with Gasteiger partial charge in [-0.1, -0.05) is 54.6 Å². The number of carbonyl (C=O) groups is 1. The summed E-state index contributed by atoms with van der Waals surface area (Å²) in [5, 5.41) is 1.08. The van der Waals surface area contributed by atoms with Gasteiger partial charge in [0.15, 0.2) is 17.3 Å². The topological polar surface area (TPSA) is 40.5 Å². The maximum Gasteiger partial charge on any atom is 0.232 e. The van der Waals surface area contributed by atoms with Crippen molar-refractivity contribution in [1.29, 1.82) is 0 Å². The van der Waals surface area contributed by atoms with E-state index in [1.807, 2.05) is 36.4 Å². The third kappa shape index (κ3) is 2.99. The Labute approximate surface area is 168 Å². The van der Waals surface area contributed by atoms with Gasteiger partial charge in [0.1, 0.15) is 0 Å². The number of fused-ring (bicyclic) bond motifs is 2. The number of aromatic nitrogens is 1. The molecule has 29 heavy (non-hydrogen) atoms. The molecule has 0 bridgehead atoms. The number of hydrogen-bond acceptors (Lipinski definition) is 3. The first-order valence-corrected chi connectivity index (χ1v) is 9.47. The first-order valence-electron chi connectivity index (χ1n) is 9.47. The number of benzene rings is 3. The SMILES string of the molecule is COc1cccc2c1OC(=Cc1cn(Cc3ccccc3)c3ccccc13)C2=O. The van der Waals surface area contributed by atoms with E-state index in [1.165, 1.54) is 5.56 Å². The molecule has 3 aromatic carbocycles. The van der Waals surface area contributed by atoms with Crippen LogP contribution in [0.25, 0.3) is 17.0 Å². The van der Waals surface area contributed by atoms with Crippen LogP contribution in [0, 0.1) is 0 Å². The molecule has 0 spiro atoms. The van der Waals surface area contributed by atoms with E-state index < -0.39 is 0 Å². The van der Waals surface area contributed by atoms with Crippen LogP contribution in [0.4, 0.5) is 0 Å². The molecule has 0 amide bonds. The van der Waals surface area contributed by atoms with E-state index in [1.54, 1.807) is 25.3 Å². The van der Waals surface area contributed by atoms with Crippen LogP contribution in [0.5, 0.6) is 11.5 Å². The van der Waals surface area contributed by atoms with E-state index in [-0.39, 0.29) is 5.78 Å². The molecule has 1 aliphatic rings. The van der Waals surface area contributed by atoms with Crippen LogP contribution in [0.15, 0.2) is 84.8 Å². The molecule has 4 heteroatoms. The predicted octanol–water partition coefficient (Wildman–Crippen LogP) is 5.31. The van der Waals surface area contributed by atoms with Crippen molar-refractivity contribution in [2.24, 2.45) is 0 Å². The third-order valence-electron chi connectivity index (χ3n) is 5.18. The van der Waals surface area contributed by atoms with E-state index in [2.05, 4.69) is 35.0 Å². The number of methoxy groups -OCH3 is 1. The molecule has 0 fully saturated rings. The Hall–Kier alpha value is -3.79. The molecular formula is C25H19NO3. The van der Waals surface area contributed by atoms with Crippen LogP contribution in [-0.4, -0.2) is 17.5 Å². The van der Waals surface area contributed by atoms with Crippen molar-refractivity contribution >= 4 is 22.8 Å². The first kappa shape index (κ1) is 17.3. The molecule has 0 radical (unpaired) electrons. The summed E-state index contributed by atoms with van der Waals surface area (Å²) in [6, 6.07) is 23.9. The van der Waals surface area contributed by atoms with Crippen LogP contribution in [0.1, 0.15) is 21.5 Å². The zero-order valence-electron chi connectivity index (χ0n) is 16.0. The number of hydrogen-bond donors (Lipinski definition) is 0. The summed E-state index contributed by atoms with van der Waals surface area (Å²) in [4.78, 5) is 12.8. The minimum Gasteiger partial charge on any atom is -0.493 e. The quantitative estimate of drug-likeness (QED) is 0.450. The molecular weight excluding hydrogens is 362 g/mol. The fraction of sp³-hybridized carbons (Fsp3) is 0.0800. The van der Waals surface area contributed by atoms with Gasteiger partial charge in [-0.25, -0.2) is 0 Å². The molecule has 0 saturated heterocycles. The largest absolute Gasteiger partial charge is 0.493 e. The number of carbonyl (C=O) groups excluding carboxylic acids is 1. The Bertz CT molecular complexity index is 1250. The first-order chi connectivity index (χ1) is 14.2. The van der Waals surface area contributed by atoms with Crippen LogP contribution in [0.3, 0.4) is 0 Å². The molecule has 142 valence electrons. The molecule has 4 aromatic rings. The summed E-state index contributed by atoms with van der Waals surface area (Å²) < 4.78 is 13.4. The van der Waals surface area contributed by atoms with Crippen molar-refractivity contribution < 1.29 is 14.3 Å². The van der Waals surface area contributed by atoms with Gasteiger partial charge in [-0.15, -0.1) is 0 Å². The van der Waals surface area contributed by atoms with Crippen molar-refractivity contribution in [2.75, 3.05) is 7.11 Å². The van der Waals surface area contributed by atoms with Gasteiger partial charge in [0.25, 0.3) is 0 Å². The smallest absolute Gasteiger partial charge is 0.232 e. The van der Waals surface area contributed by atoms with Gasteiger partial charge in [-0.3, -0.25) is 4.79 Å². The lowest BCUT2D eigenvalue weighted by Gasteiger charge is -2.05. The van der Waals surface area contributed by atoms with Gasteiger partial charge in [0, 0.05) is 29.2 Å². The highest BCUT2D eigenvalue weighted by atomic mass is 16.5. The molecule has 0 unspecified atom stereocenters. The summed E-state index contributed by atoms with van der Waals surface area (Å²) in [6.07, 6.45) is 3.90. The maximum atomic E-state index is 12.8. The lowest BCUT2D eigenvalue weighted by atomic mass is 10.1. The highest BCUT2D eigenvalue weighted by molar-refractivity contribution is 6.15. The molecule has 0 aliphatic carbocycles. The fourth-order valence-electron chi connectivity index (χ4n) is 3.79. The lowest BCUT2D eigenvalue weighted by molar-refractivity contribution is 0.101. The summed E-state index contributed by atoms with van der Waals surface area (Å²) in [5.41, 5.74) is 3.82. The highest BCUT2D eigenvalue weighted by Gasteiger charge is 2.30. The highest BCUT2D eigenvalue weighted by Crippen LogP contribution is 2.40. The summed E-state index contributed by atoms with van der Waals surface area (Å²) in [7, 11) is 1.57. The van der Waals surface area contributed by atoms with E-state index >= 15 is 0 Å². The Balaban J connectivity index is 1.57. The van der Waals surface area contributed by atoms with Gasteiger partial charge >= 0.3 is 0 Å². The van der Waals surface area contributed by atoms with Crippen LogP contribution < -0.4 is 9.47 Å². The number of ketones is 1. The number of para-hydroxylation sites is 2. The van der Waals surface area contributed by atoms with Gasteiger partial charge in [0.05, 0.1) is 12.7 Å². The molecule has 1 aliphatic heterocycles.